The predicted octanol–water partition coefficient (Wildman–Crippen LogP) is 3.94. The fourth-order valence-corrected chi connectivity index (χ4v) is 2.67. The standard InChI is InChI=1S/C22H27F2N3O3/c1-13(2)18-7-15(11-27-22(18)30-12-20(23)24)10-26-21(29)16-5-6-25-17(8-16)9-19(28)14(3)4/h5-8,11,13-14,20H,9-10,12H2,1-4H3,(H,26,29). The van der Waals surface area contributed by atoms with Crippen LogP contribution >= 0.6 is 0 Å². The van der Waals surface area contributed by atoms with Crippen LogP contribution in [0, 0.1) is 5.92 Å². The Labute approximate surface area is 175 Å². The van der Waals surface area contributed by atoms with Crippen molar-refractivity contribution in [2.24, 2.45) is 5.92 Å². The first-order valence-corrected chi connectivity index (χ1v) is 9.83. The fraction of sp³-hybridized carbons (Fsp3) is 0.455. The molecule has 0 aliphatic rings. The van der Waals surface area contributed by atoms with E-state index in [1.165, 1.54) is 12.4 Å². The van der Waals surface area contributed by atoms with Gasteiger partial charge in [0.1, 0.15) is 5.78 Å². The number of alkyl halides is 2. The lowest BCUT2D eigenvalue weighted by atomic mass is 10.0. The molecule has 0 saturated heterocycles. The Morgan fingerprint density at radius 2 is 1.87 bits per heavy atom. The van der Waals surface area contributed by atoms with Gasteiger partial charge in [0.15, 0.2) is 6.61 Å². The van der Waals surface area contributed by atoms with Crippen LogP contribution in [0.2, 0.25) is 0 Å². The fourth-order valence-electron chi connectivity index (χ4n) is 2.67. The predicted molar refractivity (Wildman–Crippen MR) is 109 cm³/mol. The number of pyridine rings is 2. The third-order valence-corrected chi connectivity index (χ3v) is 4.43. The van der Waals surface area contributed by atoms with Gasteiger partial charge in [-0.2, -0.15) is 0 Å². The van der Waals surface area contributed by atoms with Gasteiger partial charge in [-0.1, -0.05) is 27.7 Å². The lowest BCUT2D eigenvalue weighted by molar-refractivity contribution is -0.121. The van der Waals surface area contributed by atoms with Gasteiger partial charge in [0, 0.05) is 48.1 Å². The highest BCUT2D eigenvalue weighted by Crippen LogP contribution is 2.25. The number of carbonyl (C=O) groups is 2. The van der Waals surface area contributed by atoms with Crippen molar-refractivity contribution in [2.45, 2.75) is 53.0 Å². The molecule has 2 rings (SSSR count). The minimum absolute atomic E-state index is 0.0158. The van der Waals surface area contributed by atoms with E-state index in [0.717, 1.165) is 5.56 Å². The molecule has 0 atom stereocenters. The van der Waals surface area contributed by atoms with Crippen LogP contribution in [0.15, 0.2) is 30.6 Å². The van der Waals surface area contributed by atoms with Crippen LogP contribution < -0.4 is 10.1 Å². The molecule has 162 valence electrons. The second kappa shape index (κ2) is 10.8. The van der Waals surface area contributed by atoms with Crippen molar-refractivity contribution in [1.82, 2.24) is 15.3 Å². The largest absolute Gasteiger partial charge is 0.471 e. The SMILES string of the molecule is CC(C)C(=O)Cc1cc(C(=O)NCc2cnc(OCC(F)F)c(C(C)C)c2)ccn1. The number of aromatic nitrogens is 2. The van der Waals surface area contributed by atoms with Crippen molar-refractivity contribution in [3.05, 3.63) is 53.0 Å². The monoisotopic (exact) mass is 419 g/mol. The molecule has 2 aromatic heterocycles. The summed E-state index contributed by atoms with van der Waals surface area (Å²) in [5.74, 6) is -0.156. The van der Waals surface area contributed by atoms with Gasteiger partial charge in [-0.05, 0) is 29.7 Å². The van der Waals surface area contributed by atoms with Crippen LogP contribution in [0.1, 0.15) is 60.8 Å². The smallest absolute Gasteiger partial charge is 0.272 e. The Kier molecular flexibility index (Phi) is 8.38. The van der Waals surface area contributed by atoms with Gasteiger partial charge in [0.2, 0.25) is 5.88 Å². The van der Waals surface area contributed by atoms with Crippen LogP contribution in [-0.2, 0) is 17.8 Å². The highest BCUT2D eigenvalue weighted by molar-refractivity contribution is 5.94. The van der Waals surface area contributed by atoms with Crippen LogP contribution in [0.25, 0.3) is 0 Å². The number of halogens is 2. The Hall–Kier alpha value is -2.90. The van der Waals surface area contributed by atoms with Crippen LogP contribution in [0.4, 0.5) is 8.78 Å². The van der Waals surface area contributed by atoms with E-state index in [1.54, 1.807) is 18.2 Å². The average molecular weight is 419 g/mol. The van der Waals surface area contributed by atoms with Crippen molar-refractivity contribution < 1.29 is 23.1 Å². The molecular formula is C22H27F2N3O3. The summed E-state index contributed by atoms with van der Waals surface area (Å²) in [6, 6.07) is 4.98. The highest BCUT2D eigenvalue weighted by atomic mass is 19.3. The second-order valence-corrected chi connectivity index (χ2v) is 7.61. The number of rotatable bonds is 10. The molecule has 0 bridgehead atoms. The Bertz CT molecular complexity index is 886. The molecule has 1 N–H and O–H groups in total. The van der Waals surface area contributed by atoms with Gasteiger partial charge in [0.25, 0.3) is 12.3 Å². The average Bonchev–Trinajstić information content (AvgIpc) is 2.70. The summed E-state index contributed by atoms with van der Waals surface area (Å²) in [4.78, 5) is 32.7. The number of ether oxygens (including phenoxy) is 1. The highest BCUT2D eigenvalue weighted by Gasteiger charge is 2.15. The molecule has 2 aromatic rings. The Morgan fingerprint density at radius 3 is 2.50 bits per heavy atom. The summed E-state index contributed by atoms with van der Waals surface area (Å²) in [6.07, 6.45) is 0.602. The van der Waals surface area contributed by atoms with Crippen LogP contribution in [-0.4, -0.2) is 34.7 Å². The molecule has 0 aliphatic heterocycles. The van der Waals surface area contributed by atoms with Crippen molar-refractivity contribution >= 4 is 11.7 Å². The molecule has 0 radical (unpaired) electrons. The molecular weight excluding hydrogens is 392 g/mol. The lowest BCUT2D eigenvalue weighted by Crippen LogP contribution is -2.23. The maximum Gasteiger partial charge on any atom is 0.272 e. The van der Waals surface area contributed by atoms with Crippen molar-refractivity contribution in [3.8, 4) is 5.88 Å². The van der Waals surface area contributed by atoms with Gasteiger partial charge in [-0.3, -0.25) is 14.6 Å². The molecule has 0 unspecified atom stereocenters. The number of nitrogens with one attached hydrogen (secondary N) is 1. The summed E-state index contributed by atoms with van der Waals surface area (Å²) in [7, 11) is 0. The summed E-state index contributed by atoms with van der Waals surface area (Å²) in [6.45, 7) is 6.96. The number of carbonyl (C=O) groups excluding carboxylic acids is 2. The molecule has 30 heavy (non-hydrogen) atoms. The van der Waals surface area contributed by atoms with E-state index in [0.29, 0.717) is 16.8 Å². The molecule has 1 amide bonds. The molecule has 2 heterocycles. The summed E-state index contributed by atoms with van der Waals surface area (Å²) >= 11 is 0. The minimum Gasteiger partial charge on any atom is -0.471 e. The third-order valence-electron chi connectivity index (χ3n) is 4.43. The van der Waals surface area contributed by atoms with E-state index in [2.05, 4.69) is 15.3 Å². The van der Waals surface area contributed by atoms with E-state index in [9.17, 15) is 18.4 Å². The quantitative estimate of drug-likeness (QED) is 0.631. The number of Topliss-reactive ketones (excluding diaryl/α,β-unsaturated/α-hetero) is 1. The summed E-state index contributed by atoms with van der Waals surface area (Å²) in [5.41, 5.74) is 2.37. The van der Waals surface area contributed by atoms with Gasteiger partial charge in [-0.25, -0.2) is 13.8 Å². The zero-order valence-electron chi connectivity index (χ0n) is 17.6. The number of nitrogens with zero attached hydrogens (tertiary/aromatic N) is 2. The topological polar surface area (TPSA) is 81.2 Å². The molecule has 0 saturated carbocycles. The first kappa shape index (κ1) is 23.4. The Balaban J connectivity index is 2.05. The minimum atomic E-state index is -2.58. The van der Waals surface area contributed by atoms with Gasteiger partial charge < -0.3 is 10.1 Å². The maximum absolute atomic E-state index is 12.5. The molecule has 0 fully saturated rings. The lowest BCUT2D eigenvalue weighted by Gasteiger charge is -2.14. The number of hydrogen-bond acceptors (Lipinski definition) is 5. The number of ketones is 1. The van der Waals surface area contributed by atoms with Gasteiger partial charge >= 0.3 is 0 Å². The Morgan fingerprint density at radius 1 is 1.13 bits per heavy atom. The van der Waals surface area contributed by atoms with Crippen LogP contribution in [0.5, 0.6) is 5.88 Å². The molecule has 0 aliphatic carbocycles. The summed E-state index contributed by atoms with van der Waals surface area (Å²) < 4.78 is 29.9. The summed E-state index contributed by atoms with van der Waals surface area (Å²) in [5, 5.41) is 2.80. The van der Waals surface area contributed by atoms with Crippen molar-refractivity contribution in [2.75, 3.05) is 6.61 Å². The van der Waals surface area contributed by atoms with E-state index in [1.807, 2.05) is 27.7 Å². The molecule has 6 nitrogen and oxygen atoms in total. The molecule has 0 spiro atoms. The molecule has 8 heteroatoms. The normalized spacial score (nSPS) is 11.2. The van der Waals surface area contributed by atoms with E-state index in [4.69, 9.17) is 4.74 Å². The van der Waals surface area contributed by atoms with Gasteiger partial charge in [0.05, 0.1) is 0 Å². The maximum atomic E-state index is 12.5. The second-order valence-electron chi connectivity index (χ2n) is 7.61. The third kappa shape index (κ3) is 6.86. The molecule has 0 aromatic carbocycles. The van der Waals surface area contributed by atoms with Gasteiger partial charge in [-0.15, -0.1) is 0 Å². The number of hydrogen-bond donors (Lipinski definition) is 1. The van der Waals surface area contributed by atoms with E-state index in [-0.39, 0.29) is 42.4 Å². The van der Waals surface area contributed by atoms with Crippen LogP contribution in [0.3, 0.4) is 0 Å². The number of amides is 1. The zero-order valence-corrected chi connectivity index (χ0v) is 17.6. The van der Waals surface area contributed by atoms with Crippen molar-refractivity contribution in [1.29, 1.82) is 0 Å². The zero-order chi connectivity index (χ0) is 22.3. The van der Waals surface area contributed by atoms with Crippen molar-refractivity contribution in [3.63, 3.8) is 0 Å². The first-order valence-electron chi connectivity index (χ1n) is 9.83. The van der Waals surface area contributed by atoms with E-state index < -0.39 is 13.0 Å². The first-order chi connectivity index (χ1) is 14.2. The van der Waals surface area contributed by atoms with E-state index >= 15 is 0 Å².